The van der Waals surface area contributed by atoms with Crippen molar-refractivity contribution >= 4 is 134 Å². The molecule has 20 nitrogen and oxygen atoms in total. The quantitative estimate of drug-likeness (QED) is 0.0850. The minimum atomic E-state index is -0.714. The first kappa shape index (κ1) is 72.6. The van der Waals surface area contributed by atoms with Gasteiger partial charge in [0.25, 0.3) is 0 Å². The van der Waals surface area contributed by atoms with Gasteiger partial charge < -0.3 is 46.6 Å². The third-order valence-electron chi connectivity index (χ3n) is 20.4. The summed E-state index contributed by atoms with van der Waals surface area (Å²) in [6.45, 7) is 0. The number of H-pyrrole nitrogens is 2. The number of hydrogen-bond acceptors (Lipinski definition) is 18. The molecule has 0 saturated carbocycles. The highest BCUT2D eigenvalue weighted by Gasteiger charge is 2.27. The summed E-state index contributed by atoms with van der Waals surface area (Å²) in [7, 11) is 0. The highest BCUT2D eigenvalue weighted by atomic mass is 35.5. The molecular weight excluding hydrogens is 1630 g/mol. The molecule has 0 spiro atoms. The van der Waals surface area contributed by atoms with Crippen LogP contribution in [-0.4, -0.2) is 39.9 Å². The van der Waals surface area contributed by atoms with Gasteiger partial charge in [-0.2, -0.15) is 0 Å². The minimum absolute atomic E-state index is 0.0333. The lowest BCUT2D eigenvalue weighted by Gasteiger charge is -2.09. The number of benzene rings is 12. The molecule has 7 aromatic heterocycles. The molecule has 0 saturated heterocycles. The Morgan fingerprint density at radius 3 is 0.767 bits per heavy atom. The molecule has 28 heteroatoms. The Kier molecular flexibility index (Phi) is 17.2. The van der Waals surface area contributed by atoms with E-state index in [-0.39, 0.29) is 134 Å². The van der Waals surface area contributed by atoms with Crippen LogP contribution in [-0.2, 0) is 0 Å². The van der Waals surface area contributed by atoms with Crippen LogP contribution in [0, 0.1) is 23.3 Å². The fourth-order valence-electron chi connectivity index (χ4n) is 14.7. The van der Waals surface area contributed by atoms with E-state index in [2.05, 4.69) is 9.97 Å². The summed E-state index contributed by atoms with van der Waals surface area (Å²) in [5.74, 6) is 0.835. The lowest BCUT2D eigenvalue weighted by atomic mass is 10.1. The zero-order chi connectivity index (χ0) is 81.6. The SMILES string of the molecule is O=c1oc2cc(Oc3ccc4c(c3)-c3nc-4nc4[nH]c(nc5nc(nc6[nH]c(n3)c3ccc(Oc7ccc8cc(-c9ccc(F)cc9Cl)c(=O)oc8c7)cc63)-c3ccc(Oc6ccc7cc(-c8ccc(F)cc8Cl)c(=O)oc7c6)cc3-5)c3ccc(Oc5ccc6cc(-c7ccc(F)cc7Cl)c(=O)oc6c5)cc43)ccc2cc1-c1ccc(F)cc1Cl. The third kappa shape index (κ3) is 13.2. The minimum Gasteiger partial charge on any atom is -0.457 e. The van der Waals surface area contributed by atoms with Crippen LogP contribution in [0.25, 0.3) is 178 Å². The molecule has 0 radical (unpaired) electrons. The van der Waals surface area contributed by atoms with Gasteiger partial charge in [-0.3, -0.25) is 0 Å². The Bertz CT molecular complexity index is 7740. The van der Waals surface area contributed by atoms with Crippen LogP contribution in [0.3, 0.4) is 0 Å². The van der Waals surface area contributed by atoms with E-state index in [1.54, 1.807) is 170 Å². The van der Waals surface area contributed by atoms with Crippen molar-refractivity contribution in [1.82, 2.24) is 39.9 Å². The maximum atomic E-state index is 14.1. The van der Waals surface area contributed by atoms with Crippen LogP contribution in [0.15, 0.2) is 280 Å². The number of fused-ring (bicyclic) bond motifs is 24. The molecule has 2 aliphatic rings. The lowest BCUT2D eigenvalue weighted by molar-refractivity contribution is 0.480. The summed E-state index contributed by atoms with van der Waals surface area (Å²) in [5.41, 5.74) is 2.58. The Labute approximate surface area is 687 Å². The van der Waals surface area contributed by atoms with Gasteiger partial charge in [-0.1, -0.05) is 46.4 Å². The lowest BCUT2D eigenvalue weighted by Crippen LogP contribution is -2.03. The van der Waals surface area contributed by atoms with Gasteiger partial charge in [-0.05, 0) is 218 Å². The molecule has 0 unspecified atom stereocenters. The molecule has 9 heterocycles. The van der Waals surface area contributed by atoms with E-state index in [9.17, 15) is 36.7 Å². The zero-order valence-electron chi connectivity index (χ0n) is 60.7. The molecule has 8 bridgehead atoms. The van der Waals surface area contributed by atoms with Crippen LogP contribution in [0.2, 0.25) is 20.1 Å². The van der Waals surface area contributed by atoms with Crippen molar-refractivity contribution < 1.29 is 54.2 Å². The van der Waals surface area contributed by atoms with Crippen molar-refractivity contribution in [3.8, 4) is 136 Å². The van der Waals surface area contributed by atoms with Crippen LogP contribution in [0.5, 0.6) is 46.0 Å². The average molecular weight is 1670 g/mol. The van der Waals surface area contributed by atoms with Crippen molar-refractivity contribution in [2.75, 3.05) is 0 Å². The van der Waals surface area contributed by atoms with E-state index in [1.807, 2.05) is 0 Å². The first-order chi connectivity index (χ1) is 58.2. The standard InChI is InChI=1S/C92H42Cl4F4N8O12/c93-73-29-45(97)5-17-57(73)69-25-41-1-9-53(37-77(41)117-89(69)109)113-49-13-21-61-65(33-49)85-101-81(61)106-86-67-35-51(115-55-11-3-43-27-71(91(111)119-79(43)39-55)59-19-7-47(99)31-75(59)95)15-23-63(67)83(103-86)108-88-68-36-52(116-56-12-4-44-28-72(92(112)120-80(44)40-56)60-20-8-48(100)32-76(60)96)16-24-64(68)84(104-88)107-87-66-34-50(14-22-62(66)82(102-87)105-85)114-54-10-2-42-26-70(90(110)118-78(42)38-54)58-18-6-46(98)30-74(58)94/h1-40H,(H2,101,102,103,104,105,106,107,108). The molecule has 0 atom stereocenters. The van der Waals surface area contributed by atoms with E-state index in [0.29, 0.717) is 111 Å². The Morgan fingerprint density at radius 1 is 0.233 bits per heavy atom. The summed E-state index contributed by atoms with van der Waals surface area (Å²) in [6, 6.07) is 62.2. The van der Waals surface area contributed by atoms with Crippen molar-refractivity contribution in [2.45, 2.75) is 0 Å². The zero-order valence-corrected chi connectivity index (χ0v) is 63.7. The Balaban J connectivity index is 0.722. The largest absolute Gasteiger partial charge is 0.457 e. The summed E-state index contributed by atoms with van der Waals surface area (Å²) >= 11 is 25.6. The van der Waals surface area contributed by atoms with Crippen molar-refractivity contribution in [3.63, 3.8) is 0 Å². The van der Waals surface area contributed by atoms with Crippen LogP contribution in [0.1, 0.15) is 0 Å². The van der Waals surface area contributed by atoms with Crippen LogP contribution >= 0.6 is 46.4 Å². The van der Waals surface area contributed by atoms with Crippen molar-refractivity contribution in [1.29, 1.82) is 0 Å². The number of nitrogens with one attached hydrogen (secondary N) is 2. The van der Waals surface area contributed by atoms with E-state index in [0.717, 1.165) is 24.3 Å². The topological polar surface area (TPSA) is 267 Å². The molecule has 12 aromatic carbocycles. The normalized spacial score (nSPS) is 11.8. The summed E-state index contributed by atoms with van der Waals surface area (Å²) in [6.07, 6.45) is 0. The van der Waals surface area contributed by atoms with Gasteiger partial charge >= 0.3 is 22.5 Å². The number of hydrogen-bond donors (Lipinski definition) is 2. The second-order valence-electron chi connectivity index (χ2n) is 27.9. The first-order valence-corrected chi connectivity index (χ1v) is 38.0. The average Bonchev–Trinajstić information content (AvgIpc) is 1.61. The fraction of sp³-hybridized carbons (Fsp3) is 0. The third-order valence-corrected chi connectivity index (χ3v) is 21.6. The van der Waals surface area contributed by atoms with E-state index in [1.165, 1.54) is 48.5 Å². The summed E-state index contributed by atoms with van der Waals surface area (Å²) in [5, 5.41) is 4.29. The molecule has 0 amide bonds. The Hall–Kier alpha value is -15.1. The van der Waals surface area contributed by atoms with Crippen LogP contribution < -0.4 is 41.4 Å². The molecule has 2 aliphatic heterocycles. The maximum Gasteiger partial charge on any atom is 0.344 e. The first-order valence-electron chi connectivity index (χ1n) is 36.4. The summed E-state index contributed by atoms with van der Waals surface area (Å²) < 4.78 is 106. The summed E-state index contributed by atoms with van der Waals surface area (Å²) in [4.78, 5) is 92.7. The molecule has 120 heavy (non-hydrogen) atoms. The smallest absolute Gasteiger partial charge is 0.344 e. The van der Waals surface area contributed by atoms with E-state index >= 15 is 0 Å². The predicted molar refractivity (Wildman–Crippen MR) is 448 cm³/mol. The number of rotatable bonds is 12. The van der Waals surface area contributed by atoms with Gasteiger partial charge in [-0.25, -0.2) is 66.6 Å². The van der Waals surface area contributed by atoms with Gasteiger partial charge in [0, 0.05) is 112 Å². The van der Waals surface area contributed by atoms with E-state index < -0.39 is 45.8 Å². The van der Waals surface area contributed by atoms with Gasteiger partial charge in [0.05, 0.1) is 42.3 Å². The maximum absolute atomic E-state index is 14.1. The highest BCUT2D eigenvalue weighted by Crippen LogP contribution is 2.45. The van der Waals surface area contributed by atoms with Gasteiger partial charge in [0.2, 0.25) is 0 Å². The monoisotopic (exact) mass is 1670 g/mol. The molecule has 0 aliphatic carbocycles. The number of ether oxygens (including phenoxy) is 4. The van der Waals surface area contributed by atoms with Gasteiger partial charge in [-0.15, -0.1) is 0 Å². The molecule has 2 N–H and O–H groups in total. The number of halogens is 8. The van der Waals surface area contributed by atoms with Crippen molar-refractivity contribution in [2.24, 2.45) is 0 Å². The second kappa shape index (κ2) is 28.4. The molecule has 21 rings (SSSR count). The number of nitrogens with zero attached hydrogens (tertiary/aromatic N) is 6. The molecule has 19 aromatic rings. The van der Waals surface area contributed by atoms with Crippen LogP contribution in [0.4, 0.5) is 17.6 Å². The number of aromatic nitrogens is 8. The molecule has 578 valence electrons. The fourth-order valence-corrected chi connectivity index (χ4v) is 15.8. The predicted octanol–water partition coefficient (Wildman–Crippen LogP) is 24.3. The second-order valence-corrected chi connectivity index (χ2v) is 29.6. The Morgan fingerprint density at radius 2 is 0.475 bits per heavy atom. The molecule has 0 fully saturated rings. The number of aromatic amines is 2. The van der Waals surface area contributed by atoms with Crippen molar-refractivity contribution in [3.05, 3.63) is 328 Å². The van der Waals surface area contributed by atoms with Gasteiger partial charge in [0.1, 0.15) is 114 Å². The highest BCUT2D eigenvalue weighted by molar-refractivity contribution is 6.34. The van der Waals surface area contributed by atoms with E-state index in [4.69, 9.17) is 113 Å². The molecular formula is C92H42Cl4F4N8O12. The van der Waals surface area contributed by atoms with Gasteiger partial charge in [0.15, 0.2) is 23.3 Å².